The van der Waals surface area contributed by atoms with Gasteiger partial charge in [0, 0.05) is 11.4 Å². The van der Waals surface area contributed by atoms with Crippen LogP contribution in [0, 0.1) is 6.92 Å². The molecule has 2 rings (SSSR count). The van der Waals surface area contributed by atoms with E-state index < -0.39 is 0 Å². The van der Waals surface area contributed by atoms with Crippen LogP contribution in [-0.2, 0) is 4.79 Å². The van der Waals surface area contributed by atoms with Crippen molar-refractivity contribution < 1.29 is 4.79 Å². The maximum Gasteiger partial charge on any atom is 0.149 e. The Morgan fingerprint density at radius 3 is 2.06 bits per heavy atom. The molecular formula is C16H17NO. The highest BCUT2D eigenvalue weighted by atomic mass is 16.1. The number of Topliss-reactive ketones (excluding diaryl/α,β-unsaturated/α-hetero) is 1. The summed E-state index contributed by atoms with van der Waals surface area (Å²) in [6, 6.07) is 18.2. The minimum Gasteiger partial charge on any atom is -0.334 e. The highest BCUT2D eigenvalue weighted by molar-refractivity contribution is 5.84. The molecule has 0 aliphatic heterocycles. The van der Waals surface area contributed by atoms with Gasteiger partial charge in [0.25, 0.3) is 0 Å². The molecule has 0 heterocycles. The standard InChI is InChI=1S/C16H17NO/c1-13-8-10-16(11-9-13)17(12-14(2)18)15-6-4-3-5-7-15/h3-11H,12H2,1-2H3. The van der Waals surface area contributed by atoms with Crippen LogP contribution in [0.4, 0.5) is 11.4 Å². The average Bonchev–Trinajstić information content (AvgIpc) is 2.38. The van der Waals surface area contributed by atoms with Crippen LogP contribution in [0.1, 0.15) is 12.5 Å². The van der Waals surface area contributed by atoms with E-state index in [1.54, 1.807) is 6.92 Å². The van der Waals surface area contributed by atoms with Gasteiger partial charge in [-0.2, -0.15) is 0 Å². The number of para-hydroxylation sites is 1. The normalized spacial score (nSPS) is 10.1. The lowest BCUT2D eigenvalue weighted by molar-refractivity contribution is -0.115. The van der Waals surface area contributed by atoms with Crippen LogP contribution in [0.3, 0.4) is 0 Å². The van der Waals surface area contributed by atoms with Crippen LogP contribution >= 0.6 is 0 Å². The van der Waals surface area contributed by atoms with E-state index in [0.717, 1.165) is 11.4 Å². The molecule has 0 aromatic heterocycles. The van der Waals surface area contributed by atoms with Crippen LogP contribution in [0.25, 0.3) is 0 Å². The third-order valence-corrected chi connectivity index (χ3v) is 2.79. The molecule has 0 aliphatic rings. The number of anilines is 2. The maximum absolute atomic E-state index is 11.4. The van der Waals surface area contributed by atoms with Crippen LogP contribution in [-0.4, -0.2) is 12.3 Å². The Hall–Kier alpha value is -2.09. The van der Waals surface area contributed by atoms with Gasteiger partial charge in [0.1, 0.15) is 5.78 Å². The Morgan fingerprint density at radius 1 is 0.944 bits per heavy atom. The Morgan fingerprint density at radius 2 is 1.50 bits per heavy atom. The Labute approximate surface area is 108 Å². The lowest BCUT2D eigenvalue weighted by atomic mass is 10.2. The van der Waals surface area contributed by atoms with E-state index in [-0.39, 0.29) is 5.78 Å². The van der Waals surface area contributed by atoms with Crippen molar-refractivity contribution in [2.24, 2.45) is 0 Å². The van der Waals surface area contributed by atoms with E-state index in [1.165, 1.54) is 5.56 Å². The zero-order chi connectivity index (χ0) is 13.0. The minimum atomic E-state index is 0.152. The summed E-state index contributed by atoms with van der Waals surface area (Å²) in [6.07, 6.45) is 0. The number of rotatable bonds is 4. The third-order valence-electron chi connectivity index (χ3n) is 2.79. The number of hydrogen-bond donors (Lipinski definition) is 0. The van der Waals surface area contributed by atoms with Gasteiger partial charge < -0.3 is 4.90 Å². The molecule has 0 aliphatic carbocycles. The molecule has 0 radical (unpaired) electrons. The molecule has 0 unspecified atom stereocenters. The van der Waals surface area contributed by atoms with Crippen molar-refractivity contribution in [1.82, 2.24) is 0 Å². The number of nitrogens with zero attached hydrogens (tertiary/aromatic N) is 1. The van der Waals surface area contributed by atoms with Crippen molar-refractivity contribution >= 4 is 17.2 Å². The number of carbonyl (C=O) groups excluding carboxylic acids is 1. The van der Waals surface area contributed by atoms with E-state index in [9.17, 15) is 4.79 Å². The highest BCUT2D eigenvalue weighted by Gasteiger charge is 2.10. The number of carbonyl (C=O) groups is 1. The second kappa shape index (κ2) is 5.50. The van der Waals surface area contributed by atoms with Gasteiger partial charge in [-0.05, 0) is 38.1 Å². The third kappa shape index (κ3) is 2.98. The molecule has 0 atom stereocenters. The first-order chi connectivity index (χ1) is 8.66. The largest absolute Gasteiger partial charge is 0.334 e. The molecule has 0 bridgehead atoms. The van der Waals surface area contributed by atoms with Gasteiger partial charge in [-0.25, -0.2) is 0 Å². The molecule has 0 saturated heterocycles. The predicted molar refractivity (Wildman–Crippen MR) is 75.3 cm³/mol. The molecule has 2 aromatic carbocycles. The van der Waals surface area contributed by atoms with Gasteiger partial charge in [-0.15, -0.1) is 0 Å². The van der Waals surface area contributed by atoms with E-state index >= 15 is 0 Å². The van der Waals surface area contributed by atoms with Crippen LogP contribution in [0.2, 0.25) is 0 Å². The molecular weight excluding hydrogens is 222 g/mol. The Bertz CT molecular complexity index is 517. The number of ketones is 1. The second-order valence-corrected chi connectivity index (χ2v) is 4.46. The van der Waals surface area contributed by atoms with Crippen molar-refractivity contribution in [2.75, 3.05) is 11.4 Å². The molecule has 0 saturated carbocycles. The lowest BCUT2D eigenvalue weighted by Gasteiger charge is -2.23. The number of hydrogen-bond acceptors (Lipinski definition) is 2. The smallest absolute Gasteiger partial charge is 0.149 e. The molecule has 2 aromatic rings. The Balaban J connectivity index is 2.36. The number of benzene rings is 2. The average molecular weight is 239 g/mol. The van der Waals surface area contributed by atoms with Gasteiger partial charge in [0.2, 0.25) is 0 Å². The summed E-state index contributed by atoms with van der Waals surface area (Å²) in [5, 5.41) is 0. The summed E-state index contributed by atoms with van der Waals surface area (Å²) in [6.45, 7) is 4.07. The van der Waals surface area contributed by atoms with Gasteiger partial charge in [-0.1, -0.05) is 35.9 Å². The topological polar surface area (TPSA) is 20.3 Å². The van der Waals surface area contributed by atoms with E-state index in [2.05, 4.69) is 19.1 Å². The van der Waals surface area contributed by atoms with Crippen molar-refractivity contribution in [3.05, 3.63) is 60.2 Å². The van der Waals surface area contributed by atoms with E-state index in [4.69, 9.17) is 0 Å². The summed E-state index contributed by atoms with van der Waals surface area (Å²) in [5.41, 5.74) is 3.30. The van der Waals surface area contributed by atoms with Gasteiger partial charge in [0.05, 0.1) is 6.54 Å². The van der Waals surface area contributed by atoms with Gasteiger partial charge in [0.15, 0.2) is 0 Å². The van der Waals surface area contributed by atoms with Crippen LogP contribution in [0.5, 0.6) is 0 Å². The zero-order valence-corrected chi connectivity index (χ0v) is 10.8. The monoisotopic (exact) mass is 239 g/mol. The summed E-state index contributed by atoms with van der Waals surface area (Å²) < 4.78 is 0. The molecule has 2 heteroatoms. The second-order valence-electron chi connectivity index (χ2n) is 4.46. The van der Waals surface area contributed by atoms with E-state index in [0.29, 0.717) is 6.54 Å². The molecule has 18 heavy (non-hydrogen) atoms. The summed E-state index contributed by atoms with van der Waals surface area (Å²) >= 11 is 0. The fourth-order valence-electron chi connectivity index (χ4n) is 1.89. The first-order valence-electron chi connectivity index (χ1n) is 6.05. The Kier molecular flexibility index (Phi) is 3.78. The quantitative estimate of drug-likeness (QED) is 0.810. The van der Waals surface area contributed by atoms with Crippen molar-refractivity contribution in [1.29, 1.82) is 0 Å². The molecule has 0 amide bonds. The maximum atomic E-state index is 11.4. The summed E-state index contributed by atoms with van der Waals surface area (Å²) in [4.78, 5) is 13.5. The summed E-state index contributed by atoms with van der Waals surface area (Å²) in [5.74, 6) is 0.152. The lowest BCUT2D eigenvalue weighted by Crippen LogP contribution is -2.23. The minimum absolute atomic E-state index is 0.152. The predicted octanol–water partition coefficient (Wildman–Crippen LogP) is 3.72. The van der Waals surface area contributed by atoms with Crippen LogP contribution in [0.15, 0.2) is 54.6 Å². The molecule has 2 nitrogen and oxygen atoms in total. The molecule has 92 valence electrons. The number of aryl methyl sites for hydroxylation is 1. The van der Waals surface area contributed by atoms with Crippen LogP contribution < -0.4 is 4.90 Å². The van der Waals surface area contributed by atoms with Crippen molar-refractivity contribution in [2.45, 2.75) is 13.8 Å². The van der Waals surface area contributed by atoms with Gasteiger partial charge in [-0.3, -0.25) is 4.79 Å². The summed E-state index contributed by atoms with van der Waals surface area (Å²) in [7, 11) is 0. The fourth-order valence-corrected chi connectivity index (χ4v) is 1.89. The van der Waals surface area contributed by atoms with Crippen molar-refractivity contribution in [3.8, 4) is 0 Å². The first-order valence-corrected chi connectivity index (χ1v) is 6.05. The molecule has 0 spiro atoms. The first kappa shape index (κ1) is 12.4. The van der Waals surface area contributed by atoms with Gasteiger partial charge >= 0.3 is 0 Å². The highest BCUT2D eigenvalue weighted by Crippen LogP contribution is 2.25. The zero-order valence-electron chi connectivity index (χ0n) is 10.8. The van der Waals surface area contributed by atoms with Crippen molar-refractivity contribution in [3.63, 3.8) is 0 Å². The molecule has 0 fully saturated rings. The fraction of sp³-hybridized carbons (Fsp3) is 0.188. The molecule has 0 N–H and O–H groups in total. The van der Waals surface area contributed by atoms with E-state index in [1.807, 2.05) is 47.4 Å². The SMILES string of the molecule is CC(=O)CN(c1ccccc1)c1ccc(C)cc1.